The second-order valence-corrected chi connectivity index (χ2v) is 11.2. The molecular weight excluding hydrogens is 522 g/mol. The second kappa shape index (κ2) is 10.3. The normalized spacial score (nSPS) is 12.1. The van der Waals surface area contributed by atoms with Crippen LogP contribution in [0.4, 0.5) is 5.69 Å². The molecule has 8 nitrogen and oxygen atoms in total. The Morgan fingerprint density at radius 3 is 2.36 bits per heavy atom. The molecule has 0 saturated carbocycles. The standard InChI is InChI=1S/C25H22ClN3O5S2/c1-16-20(26)13-14-21-23(16)29(15-22(30)34-3)25(35-21)27-24(31)17-9-11-19(12-10-17)36(32,33)28(2)18-7-5-4-6-8-18/h4-14H,15H2,1-3H3. The van der Waals surface area contributed by atoms with Gasteiger partial charge < -0.3 is 9.30 Å². The zero-order valence-electron chi connectivity index (χ0n) is 19.6. The van der Waals surface area contributed by atoms with E-state index in [0.29, 0.717) is 21.0 Å². The van der Waals surface area contributed by atoms with E-state index in [9.17, 15) is 18.0 Å². The number of hydrogen-bond acceptors (Lipinski definition) is 6. The molecule has 11 heteroatoms. The highest BCUT2D eigenvalue weighted by atomic mass is 35.5. The first-order valence-electron chi connectivity index (χ1n) is 10.7. The lowest BCUT2D eigenvalue weighted by atomic mass is 10.2. The van der Waals surface area contributed by atoms with Crippen LogP contribution in [0.25, 0.3) is 10.2 Å². The number of carbonyl (C=O) groups excluding carboxylic acids is 2. The number of para-hydroxylation sites is 1. The number of rotatable bonds is 6. The molecule has 0 radical (unpaired) electrons. The van der Waals surface area contributed by atoms with Gasteiger partial charge in [0.2, 0.25) is 0 Å². The Morgan fingerprint density at radius 2 is 1.72 bits per heavy atom. The van der Waals surface area contributed by atoms with Crippen molar-refractivity contribution in [1.29, 1.82) is 0 Å². The molecule has 0 aliphatic rings. The number of carbonyl (C=O) groups is 2. The maximum atomic E-state index is 13.0. The van der Waals surface area contributed by atoms with Crippen LogP contribution in [0.3, 0.4) is 0 Å². The fourth-order valence-electron chi connectivity index (χ4n) is 3.60. The minimum Gasteiger partial charge on any atom is -0.468 e. The van der Waals surface area contributed by atoms with Crippen LogP contribution in [0.2, 0.25) is 5.02 Å². The second-order valence-electron chi connectivity index (χ2n) is 7.82. The number of thiazole rings is 1. The third-order valence-corrected chi connectivity index (χ3v) is 8.87. The lowest BCUT2D eigenvalue weighted by molar-refractivity contribution is -0.141. The van der Waals surface area contributed by atoms with Crippen molar-refractivity contribution < 1.29 is 22.7 Å². The molecule has 1 heterocycles. The van der Waals surface area contributed by atoms with Crippen molar-refractivity contribution in [3.05, 3.63) is 87.7 Å². The first kappa shape index (κ1) is 25.6. The Bertz CT molecular complexity index is 1630. The lowest BCUT2D eigenvalue weighted by Gasteiger charge is -2.19. The number of nitrogens with zero attached hydrogens (tertiary/aromatic N) is 3. The number of anilines is 1. The number of aryl methyl sites for hydroxylation is 1. The number of halogens is 1. The van der Waals surface area contributed by atoms with E-state index >= 15 is 0 Å². The van der Waals surface area contributed by atoms with Crippen LogP contribution in [0.15, 0.2) is 76.6 Å². The summed E-state index contributed by atoms with van der Waals surface area (Å²) in [5, 5.41) is 0.522. The van der Waals surface area contributed by atoms with Crippen LogP contribution in [0.5, 0.6) is 0 Å². The molecule has 4 rings (SSSR count). The summed E-state index contributed by atoms with van der Waals surface area (Å²) >= 11 is 7.52. The summed E-state index contributed by atoms with van der Waals surface area (Å²) in [5.74, 6) is -1.08. The zero-order chi connectivity index (χ0) is 26.0. The van der Waals surface area contributed by atoms with E-state index in [-0.39, 0.29) is 17.0 Å². The number of hydrogen-bond donors (Lipinski definition) is 0. The van der Waals surface area contributed by atoms with E-state index in [0.717, 1.165) is 10.3 Å². The van der Waals surface area contributed by atoms with Crippen molar-refractivity contribution in [3.8, 4) is 0 Å². The van der Waals surface area contributed by atoms with Crippen molar-refractivity contribution in [2.24, 2.45) is 4.99 Å². The van der Waals surface area contributed by atoms with Gasteiger partial charge >= 0.3 is 5.97 Å². The number of methoxy groups -OCH3 is 1. The topological polar surface area (TPSA) is 98.0 Å². The Kier molecular flexibility index (Phi) is 7.30. The molecular formula is C25H22ClN3O5S2. The van der Waals surface area contributed by atoms with Gasteiger partial charge in [0.05, 0.1) is 27.9 Å². The van der Waals surface area contributed by atoms with Crippen molar-refractivity contribution in [2.75, 3.05) is 18.5 Å². The number of ether oxygens (including phenoxy) is 1. The number of sulfonamides is 1. The average molecular weight is 544 g/mol. The van der Waals surface area contributed by atoms with Gasteiger partial charge in [0.1, 0.15) is 6.54 Å². The first-order valence-corrected chi connectivity index (χ1v) is 13.4. The van der Waals surface area contributed by atoms with E-state index in [1.807, 2.05) is 6.92 Å². The highest BCUT2D eigenvalue weighted by Crippen LogP contribution is 2.27. The molecule has 0 aliphatic carbocycles. The van der Waals surface area contributed by atoms with Crippen molar-refractivity contribution >= 4 is 60.7 Å². The van der Waals surface area contributed by atoms with Gasteiger partial charge in [0.25, 0.3) is 15.9 Å². The van der Waals surface area contributed by atoms with Gasteiger partial charge in [0.15, 0.2) is 4.80 Å². The number of benzene rings is 3. The van der Waals surface area contributed by atoms with E-state index < -0.39 is 21.9 Å². The summed E-state index contributed by atoms with van der Waals surface area (Å²) in [7, 11) is -1.07. The van der Waals surface area contributed by atoms with Crippen molar-refractivity contribution in [2.45, 2.75) is 18.4 Å². The summed E-state index contributed by atoms with van der Waals surface area (Å²) < 4.78 is 34.4. The first-order chi connectivity index (χ1) is 17.1. The molecule has 0 fully saturated rings. The molecule has 3 aromatic carbocycles. The minimum atomic E-state index is -3.82. The van der Waals surface area contributed by atoms with Crippen LogP contribution in [-0.4, -0.2) is 39.0 Å². The SMILES string of the molecule is COC(=O)Cn1c(=NC(=O)c2ccc(S(=O)(=O)N(C)c3ccccc3)cc2)sc2ccc(Cl)c(C)c21. The van der Waals surface area contributed by atoms with Gasteiger partial charge in [-0.3, -0.25) is 13.9 Å². The molecule has 36 heavy (non-hydrogen) atoms. The van der Waals surface area contributed by atoms with E-state index in [2.05, 4.69) is 4.99 Å². The monoisotopic (exact) mass is 543 g/mol. The highest BCUT2D eigenvalue weighted by molar-refractivity contribution is 7.92. The number of amides is 1. The van der Waals surface area contributed by atoms with Gasteiger partial charge in [-0.25, -0.2) is 8.42 Å². The number of esters is 1. The van der Waals surface area contributed by atoms with E-state index in [4.69, 9.17) is 16.3 Å². The van der Waals surface area contributed by atoms with E-state index in [1.165, 1.54) is 54.1 Å². The lowest BCUT2D eigenvalue weighted by Crippen LogP contribution is -2.26. The molecule has 1 aromatic heterocycles. The molecule has 1 amide bonds. The fourth-order valence-corrected chi connectivity index (χ4v) is 6.03. The molecule has 0 unspecified atom stereocenters. The van der Waals surface area contributed by atoms with Crippen molar-refractivity contribution in [3.63, 3.8) is 0 Å². The Labute approximate surface area is 217 Å². The Hall–Kier alpha value is -3.47. The summed E-state index contributed by atoms with van der Waals surface area (Å²) in [4.78, 5) is 29.6. The fraction of sp³-hybridized carbons (Fsp3) is 0.160. The summed E-state index contributed by atoms with van der Waals surface area (Å²) in [6, 6.07) is 17.8. The zero-order valence-corrected chi connectivity index (χ0v) is 22.0. The van der Waals surface area contributed by atoms with E-state index in [1.54, 1.807) is 47.0 Å². The predicted octanol–water partition coefficient (Wildman–Crippen LogP) is 4.40. The molecule has 0 atom stereocenters. The molecule has 186 valence electrons. The largest absolute Gasteiger partial charge is 0.468 e. The molecule has 0 spiro atoms. The summed E-state index contributed by atoms with van der Waals surface area (Å²) in [6.07, 6.45) is 0. The van der Waals surface area contributed by atoms with Crippen LogP contribution in [-0.2, 0) is 26.1 Å². The van der Waals surface area contributed by atoms with Gasteiger partial charge in [-0.1, -0.05) is 41.1 Å². The molecule has 0 N–H and O–H groups in total. The third kappa shape index (κ3) is 4.92. The Balaban J connectivity index is 1.70. The summed E-state index contributed by atoms with van der Waals surface area (Å²) in [6.45, 7) is 1.68. The van der Waals surface area contributed by atoms with Crippen LogP contribution >= 0.6 is 22.9 Å². The maximum absolute atomic E-state index is 13.0. The minimum absolute atomic E-state index is 0.0401. The molecule has 0 saturated heterocycles. The van der Waals surface area contributed by atoms with Gasteiger partial charge in [0, 0.05) is 17.6 Å². The molecule has 0 aliphatic heterocycles. The predicted molar refractivity (Wildman–Crippen MR) is 140 cm³/mol. The third-order valence-electron chi connectivity index (χ3n) is 5.62. The van der Waals surface area contributed by atoms with Crippen LogP contribution in [0, 0.1) is 6.92 Å². The molecule has 0 bridgehead atoms. The average Bonchev–Trinajstić information content (AvgIpc) is 3.23. The number of aromatic nitrogens is 1. The quantitative estimate of drug-likeness (QED) is 0.336. The van der Waals surface area contributed by atoms with Gasteiger partial charge in [-0.05, 0) is 61.0 Å². The highest BCUT2D eigenvalue weighted by Gasteiger charge is 2.22. The van der Waals surface area contributed by atoms with Crippen LogP contribution in [0.1, 0.15) is 15.9 Å². The van der Waals surface area contributed by atoms with Crippen molar-refractivity contribution in [1.82, 2.24) is 4.57 Å². The maximum Gasteiger partial charge on any atom is 0.325 e. The Morgan fingerprint density at radius 1 is 1.06 bits per heavy atom. The van der Waals surface area contributed by atoms with Gasteiger partial charge in [-0.15, -0.1) is 0 Å². The van der Waals surface area contributed by atoms with Gasteiger partial charge in [-0.2, -0.15) is 4.99 Å². The smallest absolute Gasteiger partial charge is 0.325 e. The summed E-state index contributed by atoms with van der Waals surface area (Å²) in [5.41, 5.74) is 2.16. The molecule has 4 aromatic rings. The number of fused-ring (bicyclic) bond motifs is 1. The van der Waals surface area contributed by atoms with Crippen LogP contribution < -0.4 is 9.11 Å².